The van der Waals surface area contributed by atoms with Gasteiger partial charge in [0.25, 0.3) is 0 Å². The molecule has 0 fully saturated rings. The molecule has 3 nitrogen and oxygen atoms in total. The Labute approximate surface area is 102 Å². The molecule has 0 atom stereocenters. The first-order valence-corrected chi connectivity index (χ1v) is 5.84. The van der Waals surface area contributed by atoms with E-state index in [1.165, 1.54) is 0 Å². The first-order chi connectivity index (χ1) is 7.50. The standard InChI is InChI=1S/C12H12BrNO2/c1-6(2)10-8-4-3-7(13)5-9(8)14-11(10)12(15)16/h3-6,14H,1-2H3,(H,15,16). The highest BCUT2D eigenvalue weighted by Crippen LogP contribution is 2.30. The second kappa shape index (κ2) is 3.94. The quantitative estimate of drug-likeness (QED) is 0.881. The summed E-state index contributed by atoms with van der Waals surface area (Å²) in [7, 11) is 0. The third-order valence-corrected chi connectivity index (χ3v) is 3.09. The topological polar surface area (TPSA) is 53.1 Å². The lowest BCUT2D eigenvalue weighted by Crippen LogP contribution is -2.02. The van der Waals surface area contributed by atoms with Gasteiger partial charge in [0.15, 0.2) is 0 Å². The predicted octanol–water partition coefficient (Wildman–Crippen LogP) is 3.75. The van der Waals surface area contributed by atoms with Gasteiger partial charge in [-0.3, -0.25) is 0 Å². The van der Waals surface area contributed by atoms with Gasteiger partial charge in [-0.1, -0.05) is 35.8 Å². The molecule has 4 heteroatoms. The molecule has 0 amide bonds. The van der Waals surface area contributed by atoms with Gasteiger partial charge in [0.2, 0.25) is 0 Å². The number of carbonyl (C=O) groups is 1. The van der Waals surface area contributed by atoms with Crippen molar-refractivity contribution >= 4 is 32.8 Å². The van der Waals surface area contributed by atoms with Crippen molar-refractivity contribution in [3.05, 3.63) is 33.9 Å². The van der Waals surface area contributed by atoms with Crippen molar-refractivity contribution in [2.75, 3.05) is 0 Å². The predicted molar refractivity (Wildman–Crippen MR) is 67.0 cm³/mol. The number of H-pyrrole nitrogens is 1. The SMILES string of the molecule is CC(C)c1c(C(=O)O)[nH]c2cc(Br)ccc12. The molecular formula is C12H12BrNO2. The second-order valence-corrected chi connectivity index (χ2v) is 4.98. The van der Waals surface area contributed by atoms with E-state index in [9.17, 15) is 4.79 Å². The normalized spacial score (nSPS) is 11.2. The minimum atomic E-state index is -0.906. The first-order valence-electron chi connectivity index (χ1n) is 5.05. The van der Waals surface area contributed by atoms with Gasteiger partial charge in [0.05, 0.1) is 0 Å². The van der Waals surface area contributed by atoms with E-state index >= 15 is 0 Å². The fraction of sp³-hybridized carbons (Fsp3) is 0.250. The number of fused-ring (bicyclic) bond motifs is 1. The summed E-state index contributed by atoms with van der Waals surface area (Å²) in [5, 5.41) is 10.1. The van der Waals surface area contributed by atoms with Gasteiger partial charge < -0.3 is 10.1 Å². The van der Waals surface area contributed by atoms with Gasteiger partial charge in [-0.2, -0.15) is 0 Å². The maximum absolute atomic E-state index is 11.1. The first kappa shape index (κ1) is 11.2. The lowest BCUT2D eigenvalue weighted by atomic mass is 9.99. The largest absolute Gasteiger partial charge is 0.477 e. The zero-order chi connectivity index (χ0) is 11.9. The van der Waals surface area contributed by atoms with Crippen LogP contribution in [0.25, 0.3) is 10.9 Å². The van der Waals surface area contributed by atoms with Crippen LogP contribution in [-0.4, -0.2) is 16.1 Å². The molecule has 0 saturated carbocycles. The highest BCUT2D eigenvalue weighted by atomic mass is 79.9. The zero-order valence-corrected chi connectivity index (χ0v) is 10.6. The average molecular weight is 282 g/mol. The van der Waals surface area contributed by atoms with E-state index in [0.29, 0.717) is 5.69 Å². The van der Waals surface area contributed by atoms with E-state index in [2.05, 4.69) is 20.9 Å². The van der Waals surface area contributed by atoms with Crippen LogP contribution in [0.5, 0.6) is 0 Å². The molecule has 1 aromatic heterocycles. The van der Waals surface area contributed by atoms with Crippen LogP contribution in [0.15, 0.2) is 22.7 Å². The molecule has 0 bridgehead atoms. The van der Waals surface area contributed by atoms with Gasteiger partial charge in [0, 0.05) is 15.4 Å². The van der Waals surface area contributed by atoms with Crippen LogP contribution in [0.4, 0.5) is 0 Å². The van der Waals surface area contributed by atoms with E-state index in [1.807, 2.05) is 32.0 Å². The molecule has 0 radical (unpaired) electrons. The summed E-state index contributed by atoms with van der Waals surface area (Å²) >= 11 is 3.37. The van der Waals surface area contributed by atoms with Crippen LogP contribution in [0.2, 0.25) is 0 Å². The van der Waals surface area contributed by atoms with E-state index < -0.39 is 5.97 Å². The summed E-state index contributed by atoms with van der Waals surface area (Å²) in [6, 6.07) is 5.76. The molecule has 0 aliphatic carbocycles. The molecule has 0 aliphatic heterocycles. The highest BCUT2D eigenvalue weighted by molar-refractivity contribution is 9.10. The molecule has 0 spiro atoms. The minimum Gasteiger partial charge on any atom is -0.477 e. The van der Waals surface area contributed by atoms with E-state index in [1.54, 1.807) is 0 Å². The molecule has 0 unspecified atom stereocenters. The Morgan fingerprint density at radius 1 is 1.44 bits per heavy atom. The van der Waals surface area contributed by atoms with Crippen LogP contribution in [0, 0.1) is 0 Å². The van der Waals surface area contributed by atoms with Crippen molar-refractivity contribution in [1.82, 2.24) is 4.98 Å². The number of rotatable bonds is 2. The number of carboxylic acids is 1. The number of nitrogens with one attached hydrogen (secondary N) is 1. The molecule has 2 rings (SSSR count). The van der Waals surface area contributed by atoms with Gasteiger partial charge >= 0.3 is 5.97 Å². The van der Waals surface area contributed by atoms with Gasteiger partial charge in [-0.05, 0) is 23.6 Å². The van der Waals surface area contributed by atoms with Crippen LogP contribution in [0.1, 0.15) is 35.8 Å². The third-order valence-electron chi connectivity index (χ3n) is 2.59. The Kier molecular flexibility index (Phi) is 2.76. The molecule has 0 saturated heterocycles. The van der Waals surface area contributed by atoms with Crippen molar-refractivity contribution in [1.29, 1.82) is 0 Å². The number of aromatic nitrogens is 1. The smallest absolute Gasteiger partial charge is 0.352 e. The lowest BCUT2D eigenvalue weighted by molar-refractivity contribution is 0.0690. The molecule has 1 aromatic carbocycles. The number of benzene rings is 1. The molecule has 1 heterocycles. The summed E-state index contributed by atoms with van der Waals surface area (Å²) in [5.74, 6) is -0.725. The van der Waals surface area contributed by atoms with Crippen LogP contribution in [-0.2, 0) is 0 Å². The zero-order valence-electron chi connectivity index (χ0n) is 9.04. The number of halogens is 1. The average Bonchev–Trinajstić information content (AvgIpc) is 2.55. The highest BCUT2D eigenvalue weighted by Gasteiger charge is 2.19. The molecule has 2 aromatic rings. The second-order valence-electron chi connectivity index (χ2n) is 4.06. The van der Waals surface area contributed by atoms with E-state index in [4.69, 9.17) is 5.11 Å². The Morgan fingerprint density at radius 3 is 2.69 bits per heavy atom. The fourth-order valence-electron chi connectivity index (χ4n) is 1.96. The Balaban J connectivity index is 2.81. The molecule has 84 valence electrons. The number of carboxylic acid groups (broad SMARTS) is 1. The fourth-order valence-corrected chi connectivity index (χ4v) is 2.32. The van der Waals surface area contributed by atoms with Gasteiger partial charge in [-0.25, -0.2) is 4.79 Å². The maximum atomic E-state index is 11.1. The van der Waals surface area contributed by atoms with E-state index in [-0.39, 0.29) is 5.92 Å². The van der Waals surface area contributed by atoms with Crippen LogP contribution in [0.3, 0.4) is 0 Å². The van der Waals surface area contributed by atoms with Gasteiger partial charge in [-0.15, -0.1) is 0 Å². The summed E-state index contributed by atoms with van der Waals surface area (Å²) in [6.07, 6.45) is 0. The lowest BCUT2D eigenvalue weighted by Gasteiger charge is -2.04. The monoisotopic (exact) mass is 281 g/mol. The number of hydrogen-bond acceptors (Lipinski definition) is 1. The van der Waals surface area contributed by atoms with Crippen molar-refractivity contribution in [2.24, 2.45) is 0 Å². The molecule has 0 aliphatic rings. The van der Waals surface area contributed by atoms with Crippen molar-refractivity contribution in [3.63, 3.8) is 0 Å². The third kappa shape index (κ3) is 1.73. The van der Waals surface area contributed by atoms with Crippen molar-refractivity contribution < 1.29 is 9.90 Å². The van der Waals surface area contributed by atoms with Crippen LogP contribution >= 0.6 is 15.9 Å². The summed E-state index contributed by atoms with van der Waals surface area (Å²) in [5.41, 5.74) is 2.02. The Morgan fingerprint density at radius 2 is 2.12 bits per heavy atom. The molecular weight excluding hydrogens is 270 g/mol. The number of aromatic carboxylic acids is 1. The summed E-state index contributed by atoms with van der Waals surface area (Å²) in [6.45, 7) is 3.99. The number of hydrogen-bond donors (Lipinski definition) is 2. The minimum absolute atomic E-state index is 0.182. The summed E-state index contributed by atoms with van der Waals surface area (Å²) in [4.78, 5) is 14.1. The summed E-state index contributed by atoms with van der Waals surface area (Å²) < 4.78 is 0.938. The Hall–Kier alpha value is -1.29. The van der Waals surface area contributed by atoms with E-state index in [0.717, 1.165) is 20.9 Å². The van der Waals surface area contributed by atoms with Crippen LogP contribution < -0.4 is 0 Å². The van der Waals surface area contributed by atoms with Crippen molar-refractivity contribution in [2.45, 2.75) is 19.8 Å². The maximum Gasteiger partial charge on any atom is 0.352 e. The number of aromatic amines is 1. The van der Waals surface area contributed by atoms with Crippen molar-refractivity contribution in [3.8, 4) is 0 Å². The molecule has 16 heavy (non-hydrogen) atoms. The van der Waals surface area contributed by atoms with Gasteiger partial charge in [0.1, 0.15) is 5.69 Å². The molecule has 2 N–H and O–H groups in total. The Bertz CT molecular complexity index is 557.